The summed E-state index contributed by atoms with van der Waals surface area (Å²) in [5.74, 6) is 1.86. The van der Waals surface area contributed by atoms with Gasteiger partial charge in [0.25, 0.3) is 0 Å². The Balaban J connectivity index is 1.58. The summed E-state index contributed by atoms with van der Waals surface area (Å²) >= 11 is 0. The highest BCUT2D eigenvalue weighted by Crippen LogP contribution is 2.33. The molecule has 6 rings (SSSR count). The number of pyridine rings is 1. The van der Waals surface area contributed by atoms with Gasteiger partial charge in [0.2, 0.25) is 0 Å². The number of aromatic nitrogens is 4. The summed E-state index contributed by atoms with van der Waals surface area (Å²) in [6.07, 6.45) is 7.85. The molecule has 0 fully saturated rings. The van der Waals surface area contributed by atoms with E-state index in [0.29, 0.717) is 17.5 Å². The normalized spacial score (nSPS) is 11.0. The molecular formula is C37H28N4. The molecule has 41 heavy (non-hydrogen) atoms. The van der Waals surface area contributed by atoms with Crippen LogP contribution in [0.5, 0.6) is 0 Å². The van der Waals surface area contributed by atoms with Gasteiger partial charge in [-0.05, 0) is 65.6 Å². The predicted octanol–water partition coefficient (Wildman–Crippen LogP) is 9.28. The molecule has 0 saturated heterocycles. The number of hydrogen-bond donors (Lipinski definition) is 0. The second-order valence-electron chi connectivity index (χ2n) is 9.60. The van der Waals surface area contributed by atoms with E-state index in [2.05, 4.69) is 54.0 Å². The first-order chi connectivity index (χ1) is 20.2. The van der Waals surface area contributed by atoms with Crippen LogP contribution < -0.4 is 0 Å². The van der Waals surface area contributed by atoms with Crippen LogP contribution in [0.2, 0.25) is 0 Å². The fourth-order valence-electron chi connectivity index (χ4n) is 4.81. The van der Waals surface area contributed by atoms with Crippen molar-refractivity contribution in [3.63, 3.8) is 0 Å². The Morgan fingerprint density at radius 3 is 1.68 bits per heavy atom. The Bertz CT molecular complexity index is 1790. The van der Waals surface area contributed by atoms with E-state index in [1.165, 1.54) is 0 Å². The Morgan fingerprint density at radius 2 is 1.10 bits per heavy atom. The van der Waals surface area contributed by atoms with Gasteiger partial charge in [-0.15, -0.1) is 0 Å². The zero-order valence-electron chi connectivity index (χ0n) is 22.8. The smallest absolute Gasteiger partial charge is 0.164 e. The zero-order valence-corrected chi connectivity index (χ0v) is 22.8. The Morgan fingerprint density at radius 1 is 0.512 bits per heavy atom. The van der Waals surface area contributed by atoms with Gasteiger partial charge in [-0.3, -0.25) is 4.98 Å². The Hall–Kier alpha value is -5.48. The van der Waals surface area contributed by atoms with E-state index in [4.69, 9.17) is 15.0 Å². The molecule has 6 aromatic rings. The van der Waals surface area contributed by atoms with Gasteiger partial charge in [-0.25, -0.2) is 15.0 Å². The van der Waals surface area contributed by atoms with Gasteiger partial charge in [0.15, 0.2) is 17.5 Å². The van der Waals surface area contributed by atoms with Gasteiger partial charge in [0.05, 0.1) is 5.69 Å². The van der Waals surface area contributed by atoms with Gasteiger partial charge in [0, 0.05) is 28.5 Å². The third-order valence-electron chi connectivity index (χ3n) is 6.84. The minimum Gasteiger partial charge on any atom is -0.256 e. The molecule has 0 bridgehead atoms. The highest BCUT2D eigenvalue weighted by molar-refractivity contribution is 5.81. The second kappa shape index (κ2) is 11.7. The zero-order chi connectivity index (χ0) is 28.0. The van der Waals surface area contributed by atoms with E-state index in [9.17, 15) is 0 Å². The van der Waals surface area contributed by atoms with Crippen LogP contribution in [0.1, 0.15) is 18.1 Å². The van der Waals surface area contributed by atoms with Crippen LogP contribution in [0, 0.1) is 0 Å². The summed E-state index contributed by atoms with van der Waals surface area (Å²) in [7, 11) is 0. The summed E-state index contributed by atoms with van der Waals surface area (Å²) in [6, 6.07) is 38.9. The molecule has 2 heterocycles. The molecule has 0 spiro atoms. The van der Waals surface area contributed by atoms with Crippen molar-refractivity contribution in [2.24, 2.45) is 0 Å². The molecule has 0 aliphatic heterocycles. The van der Waals surface area contributed by atoms with Gasteiger partial charge < -0.3 is 0 Å². The number of benzene rings is 4. The average Bonchev–Trinajstić information content (AvgIpc) is 3.05. The summed E-state index contributed by atoms with van der Waals surface area (Å²) in [5, 5.41) is 0. The van der Waals surface area contributed by atoms with Crippen molar-refractivity contribution in [1.82, 2.24) is 19.9 Å². The molecule has 4 aromatic carbocycles. The monoisotopic (exact) mass is 528 g/mol. The maximum atomic E-state index is 4.98. The lowest BCUT2D eigenvalue weighted by Gasteiger charge is -2.13. The van der Waals surface area contributed by atoms with Gasteiger partial charge in [-0.1, -0.05) is 104 Å². The predicted molar refractivity (Wildman–Crippen MR) is 170 cm³/mol. The topological polar surface area (TPSA) is 51.6 Å². The number of hydrogen-bond acceptors (Lipinski definition) is 4. The van der Waals surface area contributed by atoms with Crippen LogP contribution in [0.3, 0.4) is 0 Å². The maximum absolute atomic E-state index is 4.98. The molecule has 196 valence electrons. The first-order valence-corrected chi connectivity index (χ1v) is 13.5. The van der Waals surface area contributed by atoms with Crippen LogP contribution in [0.15, 0.2) is 134 Å². The highest BCUT2D eigenvalue weighted by atomic mass is 15.0. The molecule has 4 heteroatoms. The van der Waals surface area contributed by atoms with E-state index < -0.39 is 0 Å². The standard InChI is InChI=1S/C37H28N4/c1-3-13-29-22-30(20-19-26(29)4-2)31-23-32(34-18-11-12-21-38-34)25-33(24-31)37-40-35(27-14-7-5-8-15-27)39-36(41-37)28-16-9-6-10-17-28/h3-25H,2H2,1H3/b13-3-. The summed E-state index contributed by atoms with van der Waals surface area (Å²) < 4.78 is 0. The fourth-order valence-corrected chi connectivity index (χ4v) is 4.81. The first-order valence-electron chi connectivity index (χ1n) is 13.5. The van der Waals surface area contributed by atoms with Crippen LogP contribution in [0.25, 0.3) is 68.7 Å². The van der Waals surface area contributed by atoms with Crippen molar-refractivity contribution < 1.29 is 0 Å². The van der Waals surface area contributed by atoms with E-state index in [-0.39, 0.29) is 0 Å². The van der Waals surface area contributed by atoms with Crippen molar-refractivity contribution in [3.05, 3.63) is 145 Å². The Kier molecular flexibility index (Phi) is 7.37. The molecule has 0 unspecified atom stereocenters. The van der Waals surface area contributed by atoms with Crippen molar-refractivity contribution in [2.45, 2.75) is 6.92 Å². The molecule has 2 aromatic heterocycles. The van der Waals surface area contributed by atoms with Crippen LogP contribution >= 0.6 is 0 Å². The van der Waals surface area contributed by atoms with Crippen molar-refractivity contribution in [1.29, 1.82) is 0 Å². The third kappa shape index (κ3) is 5.63. The molecule has 0 aliphatic carbocycles. The molecule has 4 nitrogen and oxygen atoms in total. The van der Waals surface area contributed by atoms with Crippen LogP contribution in [0.4, 0.5) is 0 Å². The average molecular weight is 529 g/mol. The van der Waals surface area contributed by atoms with Crippen LogP contribution in [-0.2, 0) is 0 Å². The maximum Gasteiger partial charge on any atom is 0.164 e. The van der Waals surface area contributed by atoms with Crippen molar-refractivity contribution in [3.8, 4) is 56.5 Å². The fraction of sp³-hybridized carbons (Fsp3) is 0.0270. The Labute approximate surface area is 240 Å². The number of rotatable bonds is 7. The van der Waals surface area contributed by atoms with Crippen molar-refractivity contribution in [2.75, 3.05) is 0 Å². The van der Waals surface area contributed by atoms with E-state index in [1.54, 1.807) is 0 Å². The van der Waals surface area contributed by atoms with E-state index >= 15 is 0 Å². The number of allylic oxidation sites excluding steroid dienone is 1. The summed E-state index contributed by atoms with van der Waals surface area (Å²) in [4.78, 5) is 19.5. The van der Waals surface area contributed by atoms with E-state index in [0.717, 1.165) is 50.2 Å². The summed E-state index contributed by atoms with van der Waals surface area (Å²) in [6.45, 7) is 6.01. The largest absolute Gasteiger partial charge is 0.256 e. The molecule has 0 aliphatic rings. The highest BCUT2D eigenvalue weighted by Gasteiger charge is 2.15. The number of nitrogens with zero attached hydrogens (tertiary/aromatic N) is 4. The van der Waals surface area contributed by atoms with Gasteiger partial charge in [0.1, 0.15) is 0 Å². The second-order valence-corrected chi connectivity index (χ2v) is 9.60. The molecule has 0 amide bonds. The lowest BCUT2D eigenvalue weighted by Crippen LogP contribution is -2.00. The van der Waals surface area contributed by atoms with E-state index in [1.807, 2.05) is 104 Å². The quantitative estimate of drug-likeness (QED) is 0.207. The first kappa shape index (κ1) is 25.8. The molecule has 0 saturated carbocycles. The van der Waals surface area contributed by atoms with Gasteiger partial charge >= 0.3 is 0 Å². The minimum atomic E-state index is 0.605. The molecule has 0 N–H and O–H groups in total. The SMILES string of the molecule is C=Cc1ccc(-c2cc(-c3ccccn3)cc(-c3nc(-c4ccccc4)nc(-c4ccccc4)n3)c2)cc1/C=C\C. The van der Waals surface area contributed by atoms with Crippen LogP contribution in [-0.4, -0.2) is 19.9 Å². The molecule has 0 radical (unpaired) electrons. The van der Waals surface area contributed by atoms with Gasteiger partial charge in [-0.2, -0.15) is 0 Å². The lowest BCUT2D eigenvalue weighted by molar-refractivity contribution is 1.07. The summed E-state index contributed by atoms with van der Waals surface area (Å²) in [5.41, 5.74) is 8.97. The minimum absolute atomic E-state index is 0.605. The third-order valence-corrected chi connectivity index (χ3v) is 6.84. The lowest BCUT2D eigenvalue weighted by atomic mass is 9.94. The molecule has 0 atom stereocenters. The van der Waals surface area contributed by atoms with Crippen molar-refractivity contribution >= 4 is 12.2 Å². The molecular weight excluding hydrogens is 500 g/mol.